The molecule has 0 radical (unpaired) electrons. The Morgan fingerprint density at radius 1 is 1.27 bits per heavy atom. The monoisotopic (exact) mass is 614 g/mol. The van der Waals surface area contributed by atoms with E-state index < -0.39 is 89.0 Å². The topological polar surface area (TPSA) is 266 Å². The van der Waals surface area contributed by atoms with E-state index in [1.807, 2.05) is 10.9 Å². The smallest absolute Gasteiger partial charge is 0.396 e. The number of phosphoric acid groups is 3. The predicted molar refractivity (Wildman–Crippen MR) is 116 cm³/mol. The van der Waals surface area contributed by atoms with Crippen molar-refractivity contribution in [3.05, 3.63) is 22.4 Å². The zero-order valence-corrected chi connectivity index (χ0v) is 21.1. The van der Waals surface area contributed by atoms with Gasteiger partial charge in [0.25, 0.3) is 5.56 Å². The number of hydrogen-bond acceptors (Lipinski definition) is 11. The third kappa shape index (κ3) is 6.47. The molecular formula is C14H16ClF2N4O13P3. The van der Waals surface area contributed by atoms with Crippen molar-refractivity contribution >= 4 is 52.1 Å². The van der Waals surface area contributed by atoms with Gasteiger partial charge in [0.15, 0.2) is 17.7 Å². The maximum Gasteiger partial charge on any atom is 0.490 e. The number of nitrogen functional groups attached to an aromatic ring is 1. The molecule has 17 nitrogen and oxygen atoms in total. The normalized spacial score (nSPS) is 27.4. The Labute approximate surface area is 208 Å². The van der Waals surface area contributed by atoms with Crippen LogP contribution in [0.2, 0.25) is 0 Å². The number of H-pyrrole nitrogens is 1. The Kier molecular flexibility index (Phi) is 8.41. The fourth-order valence-corrected chi connectivity index (χ4v) is 6.67. The third-order valence-corrected chi connectivity index (χ3v) is 8.71. The van der Waals surface area contributed by atoms with Gasteiger partial charge in [0.1, 0.15) is 5.39 Å². The summed E-state index contributed by atoms with van der Waals surface area (Å²) in [5.41, 5.74) is 0.956. The first-order valence-corrected chi connectivity index (χ1v) is 14.2. The molecule has 37 heavy (non-hydrogen) atoms. The number of aromatic amines is 1. The van der Waals surface area contributed by atoms with Gasteiger partial charge in [-0.2, -0.15) is 13.6 Å². The molecule has 0 spiro atoms. The van der Waals surface area contributed by atoms with Crippen molar-refractivity contribution in [2.45, 2.75) is 18.0 Å². The summed E-state index contributed by atoms with van der Waals surface area (Å²) in [6.07, 6.45) is -3.14. The van der Waals surface area contributed by atoms with Crippen LogP contribution in [-0.4, -0.2) is 64.2 Å². The number of nitrogens with two attached hydrogens (primary N) is 1. The van der Waals surface area contributed by atoms with Crippen LogP contribution in [0.25, 0.3) is 11.0 Å². The van der Waals surface area contributed by atoms with Gasteiger partial charge >= 0.3 is 23.5 Å². The Bertz CT molecular complexity index is 1470. The van der Waals surface area contributed by atoms with E-state index in [1.165, 1.54) is 0 Å². The van der Waals surface area contributed by atoms with Gasteiger partial charge in [-0.15, -0.1) is 0 Å². The molecule has 3 heterocycles. The highest BCUT2D eigenvalue weighted by Gasteiger charge is 2.59. The lowest BCUT2D eigenvalue weighted by Gasteiger charge is -2.26. The minimum atomic E-state index is -5.85. The molecule has 2 aromatic rings. The highest BCUT2D eigenvalue weighted by molar-refractivity contribution is 7.66. The van der Waals surface area contributed by atoms with Crippen LogP contribution in [0.5, 0.6) is 0 Å². The number of ether oxygens (including phenoxy) is 1. The molecule has 4 unspecified atom stereocenters. The van der Waals surface area contributed by atoms with Crippen LogP contribution >= 0.6 is 35.1 Å². The van der Waals surface area contributed by atoms with E-state index in [1.54, 1.807) is 5.38 Å². The average molecular weight is 615 g/mol. The lowest BCUT2D eigenvalue weighted by Crippen LogP contribution is -2.40. The molecule has 1 fully saturated rings. The number of alkyl halides is 1. The van der Waals surface area contributed by atoms with Crippen molar-refractivity contribution in [3.8, 4) is 11.3 Å². The summed E-state index contributed by atoms with van der Waals surface area (Å²) in [5, 5.41) is 10.9. The third-order valence-electron chi connectivity index (χ3n) is 4.81. The van der Waals surface area contributed by atoms with Crippen molar-refractivity contribution in [2.75, 3.05) is 18.9 Å². The zero-order valence-electron chi connectivity index (χ0n) is 17.7. The van der Waals surface area contributed by atoms with Crippen molar-refractivity contribution in [1.82, 2.24) is 14.5 Å². The minimum Gasteiger partial charge on any atom is -0.396 e. The van der Waals surface area contributed by atoms with E-state index in [4.69, 9.17) is 31.9 Å². The van der Waals surface area contributed by atoms with Crippen molar-refractivity contribution in [2.24, 2.45) is 5.92 Å². The molecule has 206 valence electrons. The summed E-state index contributed by atoms with van der Waals surface area (Å²) in [5.74, 6) is -1.48. The molecule has 0 aromatic carbocycles. The van der Waals surface area contributed by atoms with E-state index in [0.29, 0.717) is 10.8 Å². The first-order valence-electron chi connectivity index (χ1n) is 9.35. The van der Waals surface area contributed by atoms with Crippen molar-refractivity contribution in [3.63, 3.8) is 0 Å². The lowest BCUT2D eigenvalue weighted by atomic mass is 9.87. The number of halogens is 3. The van der Waals surface area contributed by atoms with Crippen molar-refractivity contribution < 1.29 is 65.0 Å². The number of aromatic nitrogens is 3. The molecule has 3 rings (SSSR count). The molecule has 0 bridgehead atoms. The lowest BCUT2D eigenvalue weighted by molar-refractivity contribution is -0.0478. The maximum absolute atomic E-state index is 16.2. The number of anilines is 1. The number of aliphatic hydroxyl groups is 1. The number of fused-ring (bicyclic) bond motifs is 1. The number of nitrogens with one attached hydrogen (secondary N) is 1. The summed E-state index contributed by atoms with van der Waals surface area (Å²) in [7, 11) is -17.2. The Morgan fingerprint density at radius 3 is 2.49 bits per heavy atom. The first kappa shape index (κ1) is 29.8. The number of hydrogen-bond donors (Lipinski definition) is 7. The molecule has 1 aliphatic heterocycles. The first-order chi connectivity index (χ1) is 16.9. The highest BCUT2D eigenvalue weighted by atomic mass is 35.5. The van der Waals surface area contributed by atoms with Gasteiger partial charge in [-0.1, -0.05) is 0 Å². The van der Waals surface area contributed by atoms with Gasteiger partial charge in [-0.3, -0.25) is 18.9 Å². The molecule has 2 aromatic heterocycles. The zero-order chi connectivity index (χ0) is 28.0. The second-order valence-electron chi connectivity index (χ2n) is 7.22. The Balaban J connectivity index is 1.95. The molecule has 0 aliphatic carbocycles. The van der Waals surface area contributed by atoms with Gasteiger partial charge in [-0.25, -0.2) is 22.5 Å². The van der Waals surface area contributed by atoms with E-state index in [2.05, 4.69) is 18.1 Å². The van der Waals surface area contributed by atoms with E-state index in [-0.39, 0.29) is 0 Å². The molecule has 1 aliphatic rings. The van der Waals surface area contributed by atoms with Gasteiger partial charge in [-0.05, 0) is 17.5 Å². The van der Waals surface area contributed by atoms with Gasteiger partial charge < -0.3 is 35.2 Å². The van der Waals surface area contributed by atoms with Crippen LogP contribution in [0.1, 0.15) is 6.23 Å². The van der Waals surface area contributed by atoms with Gasteiger partial charge in [0.05, 0.1) is 25.2 Å². The predicted octanol–water partition coefficient (Wildman–Crippen LogP) is 0.203. The number of aliphatic hydroxyl groups excluding tert-OH is 1. The fourth-order valence-electron chi connectivity index (χ4n) is 3.49. The summed E-state index contributed by atoms with van der Waals surface area (Å²) >= 11 is 5.36. The van der Waals surface area contributed by atoms with E-state index >= 15 is 4.39 Å². The Morgan fingerprint density at radius 2 is 1.92 bits per heavy atom. The molecule has 23 heteroatoms. The second-order valence-corrected chi connectivity index (χ2v) is 11.8. The Hall–Kier alpha value is -1.74. The minimum absolute atomic E-state index is 0.481. The SMILES string of the molecule is Nc1nc2c(c(F)cn2[C@@H]2O[C@H](COP(=O)(O)OP(=O)(O)OP(=O)(O)O)C(CO)C2(F)C#CCl)c(=O)[nH]1. The standard InChI is InChI=1S/C14H16ClF2N4O13P3/c15-2-1-14(17)6(4-22)8(5-31-36(27,28)34-37(29,30)33-35(24,25)26)32-12(14)21-3-7(16)9-10(21)19-13(18)20-11(9)23/h3,6,8,12,22H,4-5H2,(H,27,28)(H,29,30)(H2,24,25,26)(H3,18,19,20,23)/t6?,8-,12-,14?/m1/s1. The van der Waals surface area contributed by atoms with Gasteiger partial charge in [0.2, 0.25) is 11.6 Å². The van der Waals surface area contributed by atoms with Crippen LogP contribution in [0.15, 0.2) is 11.0 Å². The summed E-state index contributed by atoms with van der Waals surface area (Å²) in [6.45, 7) is -2.26. The van der Waals surface area contributed by atoms with Gasteiger partial charge in [0, 0.05) is 11.6 Å². The highest BCUT2D eigenvalue weighted by Crippen LogP contribution is 2.66. The molecule has 0 saturated carbocycles. The molecule has 1 saturated heterocycles. The average Bonchev–Trinajstić information content (AvgIpc) is 3.17. The quantitative estimate of drug-likeness (QED) is 0.147. The molecular weight excluding hydrogens is 599 g/mol. The van der Waals surface area contributed by atoms with E-state index in [9.17, 15) is 37.8 Å². The van der Waals surface area contributed by atoms with E-state index in [0.717, 1.165) is 0 Å². The van der Waals surface area contributed by atoms with Crippen molar-refractivity contribution in [1.29, 1.82) is 0 Å². The molecule has 0 amide bonds. The number of rotatable bonds is 9. The van der Waals surface area contributed by atoms with Crippen LogP contribution in [0.3, 0.4) is 0 Å². The van der Waals surface area contributed by atoms with Crippen LogP contribution in [-0.2, 0) is 31.6 Å². The number of nitrogens with zero attached hydrogens (tertiary/aromatic N) is 2. The number of phosphoric ester groups is 1. The summed E-state index contributed by atoms with van der Waals surface area (Å²) < 4.78 is 82.6. The van der Waals surface area contributed by atoms with Crippen LogP contribution in [0.4, 0.5) is 14.7 Å². The van der Waals surface area contributed by atoms with Crippen LogP contribution < -0.4 is 11.3 Å². The maximum atomic E-state index is 16.2. The molecule has 8 N–H and O–H groups in total. The largest absolute Gasteiger partial charge is 0.490 e. The summed E-state index contributed by atoms with van der Waals surface area (Å²) in [6, 6.07) is 0. The molecule has 6 atom stereocenters. The van der Waals surface area contributed by atoms with Crippen LogP contribution in [0, 0.1) is 23.0 Å². The fraction of sp³-hybridized carbons (Fsp3) is 0.429. The summed E-state index contributed by atoms with van der Waals surface area (Å²) in [4.78, 5) is 53.9. The second kappa shape index (κ2) is 10.4.